The first-order valence-corrected chi connectivity index (χ1v) is 7.43. The molecule has 1 aromatic heterocycles. The molecule has 1 nitrogen and oxygen atoms in total. The summed E-state index contributed by atoms with van der Waals surface area (Å²) in [6.45, 7) is 0. The summed E-state index contributed by atoms with van der Waals surface area (Å²) >= 11 is 0. The van der Waals surface area contributed by atoms with Gasteiger partial charge in [0.15, 0.2) is 0 Å². The van der Waals surface area contributed by atoms with E-state index in [0.717, 1.165) is 6.42 Å². The highest BCUT2D eigenvalue weighted by Crippen LogP contribution is 2.37. The molecule has 1 aliphatic rings. The standard InChI is InChI=1S/C20H17N/c1-3-9-15(10-4-1)19-17-13-7-8-14-18(17)21-20(19)16-11-5-2-6-12-16/h1,3-14,16,21H,2H2. The number of aromatic amines is 1. The number of rotatable bonds is 2. The fourth-order valence-electron chi connectivity index (χ4n) is 3.11. The van der Waals surface area contributed by atoms with Crippen molar-refractivity contribution >= 4 is 10.9 Å². The van der Waals surface area contributed by atoms with E-state index in [1.165, 1.54) is 27.7 Å². The lowest BCUT2D eigenvalue weighted by molar-refractivity contribution is 0.994. The third-order valence-electron chi connectivity index (χ3n) is 4.09. The molecule has 0 spiro atoms. The predicted octanol–water partition coefficient (Wildman–Crippen LogP) is 5.43. The normalized spacial score (nSPS) is 14.9. The van der Waals surface area contributed by atoms with Crippen molar-refractivity contribution in [2.75, 3.05) is 0 Å². The number of allylic oxidation sites excluding steroid dienone is 4. The van der Waals surface area contributed by atoms with E-state index in [4.69, 9.17) is 0 Å². The molecule has 0 fully saturated rings. The molecule has 0 bridgehead atoms. The van der Waals surface area contributed by atoms with Gasteiger partial charge in [-0.1, -0.05) is 72.8 Å². The van der Waals surface area contributed by atoms with Crippen molar-refractivity contribution in [1.29, 1.82) is 0 Å². The average molecular weight is 271 g/mol. The van der Waals surface area contributed by atoms with E-state index in [0.29, 0.717) is 5.92 Å². The summed E-state index contributed by atoms with van der Waals surface area (Å²) in [6.07, 6.45) is 10.1. The zero-order valence-corrected chi connectivity index (χ0v) is 11.8. The van der Waals surface area contributed by atoms with Crippen molar-refractivity contribution in [3.63, 3.8) is 0 Å². The molecule has 0 unspecified atom stereocenters. The molecule has 0 atom stereocenters. The number of aromatic nitrogens is 1. The minimum Gasteiger partial charge on any atom is -0.357 e. The smallest absolute Gasteiger partial charge is 0.0462 e. The highest BCUT2D eigenvalue weighted by molar-refractivity contribution is 5.98. The van der Waals surface area contributed by atoms with Crippen LogP contribution in [0.1, 0.15) is 18.0 Å². The van der Waals surface area contributed by atoms with Gasteiger partial charge < -0.3 is 4.98 Å². The maximum Gasteiger partial charge on any atom is 0.0462 e. The molecule has 1 heterocycles. The number of para-hydroxylation sites is 1. The Hall–Kier alpha value is -2.54. The molecule has 1 aliphatic carbocycles. The Morgan fingerprint density at radius 1 is 0.810 bits per heavy atom. The fraction of sp³-hybridized carbons (Fsp3) is 0.100. The lowest BCUT2D eigenvalue weighted by Gasteiger charge is -2.13. The molecular weight excluding hydrogens is 254 g/mol. The molecule has 0 aliphatic heterocycles. The van der Waals surface area contributed by atoms with Gasteiger partial charge >= 0.3 is 0 Å². The number of benzene rings is 2. The maximum absolute atomic E-state index is 3.63. The second kappa shape index (κ2) is 5.10. The summed E-state index contributed by atoms with van der Waals surface area (Å²) in [6, 6.07) is 19.2. The van der Waals surface area contributed by atoms with Crippen LogP contribution in [-0.4, -0.2) is 4.98 Å². The van der Waals surface area contributed by atoms with Crippen molar-refractivity contribution in [1.82, 2.24) is 4.98 Å². The van der Waals surface area contributed by atoms with Crippen LogP contribution in [0.3, 0.4) is 0 Å². The Labute approximate surface area is 124 Å². The third-order valence-corrected chi connectivity index (χ3v) is 4.09. The van der Waals surface area contributed by atoms with Gasteiger partial charge in [-0.15, -0.1) is 0 Å². The zero-order valence-electron chi connectivity index (χ0n) is 11.8. The summed E-state index contributed by atoms with van der Waals surface area (Å²) in [5, 5.41) is 1.30. The molecule has 0 saturated carbocycles. The maximum atomic E-state index is 3.63. The summed E-state index contributed by atoms with van der Waals surface area (Å²) < 4.78 is 0. The van der Waals surface area contributed by atoms with Crippen LogP contribution in [-0.2, 0) is 0 Å². The number of nitrogens with one attached hydrogen (secondary N) is 1. The lowest BCUT2D eigenvalue weighted by Crippen LogP contribution is -1.96. The molecule has 102 valence electrons. The molecule has 21 heavy (non-hydrogen) atoms. The molecule has 0 saturated heterocycles. The summed E-state index contributed by atoms with van der Waals surface area (Å²) in [7, 11) is 0. The SMILES string of the molecule is C1=CC(c2[nH]c3ccccc3c2-c2ccccc2)C=CC1. The van der Waals surface area contributed by atoms with E-state index in [9.17, 15) is 0 Å². The minimum atomic E-state index is 0.335. The van der Waals surface area contributed by atoms with E-state index in [1.54, 1.807) is 0 Å². The van der Waals surface area contributed by atoms with Crippen molar-refractivity contribution in [3.8, 4) is 11.1 Å². The van der Waals surface area contributed by atoms with E-state index in [1.807, 2.05) is 0 Å². The largest absolute Gasteiger partial charge is 0.357 e. The van der Waals surface area contributed by atoms with Crippen LogP contribution in [0, 0.1) is 0 Å². The first-order valence-electron chi connectivity index (χ1n) is 7.43. The second-order valence-electron chi connectivity index (χ2n) is 5.44. The van der Waals surface area contributed by atoms with E-state index in [-0.39, 0.29) is 0 Å². The van der Waals surface area contributed by atoms with Gasteiger partial charge in [-0.2, -0.15) is 0 Å². The van der Waals surface area contributed by atoms with Crippen LogP contribution < -0.4 is 0 Å². The quantitative estimate of drug-likeness (QED) is 0.598. The van der Waals surface area contributed by atoms with Gasteiger partial charge in [-0.05, 0) is 18.1 Å². The highest BCUT2D eigenvalue weighted by Gasteiger charge is 2.18. The van der Waals surface area contributed by atoms with Crippen molar-refractivity contribution < 1.29 is 0 Å². The average Bonchev–Trinajstić information content (AvgIpc) is 2.96. The zero-order chi connectivity index (χ0) is 14.1. The molecular formula is C20H17N. The number of fused-ring (bicyclic) bond motifs is 1. The van der Waals surface area contributed by atoms with Gasteiger partial charge in [-0.25, -0.2) is 0 Å². The molecule has 1 N–H and O–H groups in total. The Balaban J connectivity index is 1.99. The summed E-state index contributed by atoms with van der Waals surface area (Å²) in [4.78, 5) is 3.63. The van der Waals surface area contributed by atoms with Crippen molar-refractivity contribution in [3.05, 3.63) is 84.6 Å². The van der Waals surface area contributed by atoms with Crippen LogP contribution in [0.2, 0.25) is 0 Å². The predicted molar refractivity (Wildman–Crippen MR) is 89.4 cm³/mol. The molecule has 2 aromatic carbocycles. The van der Waals surface area contributed by atoms with Gasteiger partial charge in [-0.3, -0.25) is 0 Å². The van der Waals surface area contributed by atoms with Gasteiger partial charge in [0.1, 0.15) is 0 Å². The summed E-state index contributed by atoms with van der Waals surface area (Å²) in [5.41, 5.74) is 5.10. The highest BCUT2D eigenvalue weighted by atomic mass is 14.7. The monoisotopic (exact) mass is 271 g/mol. The number of hydrogen-bond acceptors (Lipinski definition) is 0. The van der Waals surface area contributed by atoms with Crippen LogP contribution in [0.15, 0.2) is 78.9 Å². The lowest BCUT2D eigenvalue weighted by atomic mass is 9.92. The van der Waals surface area contributed by atoms with Gasteiger partial charge in [0.05, 0.1) is 0 Å². The van der Waals surface area contributed by atoms with Gasteiger partial charge in [0, 0.05) is 28.1 Å². The molecule has 3 aromatic rings. The van der Waals surface area contributed by atoms with Crippen LogP contribution in [0.4, 0.5) is 0 Å². The second-order valence-corrected chi connectivity index (χ2v) is 5.44. The van der Waals surface area contributed by atoms with Gasteiger partial charge in [0.25, 0.3) is 0 Å². The molecule has 1 heteroatoms. The Morgan fingerprint density at radius 3 is 2.33 bits per heavy atom. The van der Waals surface area contributed by atoms with Crippen LogP contribution >= 0.6 is 0 Å². The Bertz CT molecular complexity index is 809. The minimum absolute atomic E-state index is 0.335. The topological polar surface area (TPSA) is 15.8 Å². The third kappa shape index (κ3) is 2.11. The fourth-order valence-corrected chi connectivity index (χ4v) is 3.11. The van der Waals surface area contributed by atoms with Crippen molar-refractivity contribution in [2.24, 2.45) is 0 Å². The van der Waals surface area contributed by atoms with E-state index < -0.39 is 0 Å². The Kier molecular flexibility index (Phi) is 2.97. The summed E-state index contributed by atoms with van der Waals surface area (Å²) in [5.74, 6) is 0.335. The molecule has 0 radical (unpaired) electrons. The Morgan fingerprint density at radius 2 is 1.52 bits per heavy atom. The van der Waals surface area contributed by atoms with Crippen LogP contribution in [0.5, 0.6) is 0 Å². The van der Waals surface area contributed by atoms with Gasteiger partial charge in [0.2, 0.25) is 0 Å². The first-order chi connectivity index (χ1) is 10.4. The van der Waals surface area contributed by atoms with E-state index >= 15 is 0 Å². The molecule has 0 amide bonds. The molecule has 4 rings (SSSR count). The number of hydrogen-bond donors (Lipinski definition) is 1. The number of H-pyrrole nitrogens is 1. The van der Waals surface area contributed by atoms with Crippen molar-refractivity contribution in [2.45, 2.75) is 12.3 Å². The van der Waals surface area contributed by atoms with Crippen LogP contribution in [0.25, 0.3) is 22.0 Å². The first kappa shape index (κ1) is 12.2. The van der Waals surface area contributed by atoms with E-state index in [2.05, 4.69) is 83.9 Å².